The highest BCUT2D eigenvalue weighted by Crippen LogP contribution is 2.15. The molecule has 1 unspecified atom stereocenters. The number of pyridine rings is 1. The molecule has 0 spiro atoms. The van der Waals surface area contributed by atoms with Gasteiger partial charge in [0.05, 0.1) is 9.52 Å². The van der Waals surface area contributed by atoms with Crippen LogP contribution in [0.1, 0.15) is 13.3 Å². The number of aromatic nitrogens is 1. The molecule has 0 aromatic carbocycles. The maximum Gasteiger partial charge on any atom is 0.262 e. The molecule has 2 heterocycles. The van der Waals surface area contributed by atoms with Gasteiger partial charge in [-0.2, -0.15) is 0 Å². The lowest BCUT2D eigenvalue weighted by Gasteiger charge is -2.10. The first-order valence-corrected chi connectivity index (χ1v) is 7.34. The molecule has 1 aromatic heterocycles. The van der Waals surface area contributed by atoms with E-state index in [-0.39, 0.29) is 5.56 Å². The molecule has 2 rings (SSSR count). The first-order chi connectivity index (χ1) is 8.11. The standard InChI is InChI=1S/C12H13BrN2OS/c1-7-3-4-10-8(6-14-12(7)17-2)5-9(13)11(16)15-10/h4-7H,3H2,1-2H3,(H,15,16)/b8-6-,10-4-,14-12?. The van der Waals surface area contributed by atoms with E-state index in [0.717, 1.165) is 22.0 Å². The average Bonchev–Trinajstić information content (AvgIpc) is 2.30. The number of hydrogen-bond donors (Lipinski definition) is 1. The number of nitrogens with one attached hydrogen (secondary N) is 1. The lowest BCUT2D eigenvalue weighted by molar-refractivity contribution is 0.823. The van der Waals surface area contributed by atoms with Crippen molar-refractivity contribution < 1.29 is 0 Å². The molecular formula is C12H13BrN2OS. The van der Waals surface area contributed by atoms with Crippen LogP contribution >= 0.6 is 27.7 Å². The number of aromatic amines is 1. The van der Waals surface area contributed by atoms with Gasteiger partial charge in [-0.1, -0.05) is 13.0 Å². The van der Waals surface area contributed by atoms with E-state index < -0.39 is 0 Å². The summed E-state index contributed by atoms with van der Waals surface area (Å²) in [7, 11) is 0. The van der Waals surface area contributed by atoms with Gasteiger partial charge in [-0.15, -0.1) is 11.8 Å². The van der Waals surface area contributed by atoms with Gasteiger partial charge in [-0.25, -0.2) is 0 Å². The Morgan fingerprint density at radius 2 is 2.35 bits per heavy atom. The third kappa shape index (κ3) is 2.72. The summed E-state index contributed by atoms with van der Waals surface area (Å²) in [6.45, 7) is 2.14. The number of H-pyrrole nitrogens is 1. The average molecular weight is 313 g/mol. The topological polar surface area (TPSA) is 45.2 Å². The highest BCUT2D eigenvalue weighted by Gasteiger charge is 2.09. The van der Waals surface area contributed by atoms with Crippen molar-refractivity contribution in [1.82, 2.24) is 4.98 Å². The Labute approximate surface area is 112 Å². The maximum atomic E-state index is 11.5. The molecule has 0 fully saturated rings. The van der Waals surface area contributed by atoms with E-state index in [4.69, 9.17) is 0 Å². The van der Waals surface area contributed by atoms with Gasteiger partial charge in [0.25, 0.3) is 5.56 Å². The fourth-order valence-corrected chi connectivity index (χ4v) is 2.72. The van der Waals surface area contributed by atoms with Crippen LogP contribution in [0.5, 0.6) is 0 Å². The second kappa shape index (κ2) is 5.23. The van der Waals surface area contributed by atoms with E-state index in [0.29, 0.717) is 10.4 Å². The minimum absolute atomic E-state index is 0.101. The summed E-state index contributed by atoms with van der Waals surface area (Å²) in [6, 6.07) is 1.81. The van der Waals surface area contributed by atoms with Gasteiger partial charge >= 0.3 is 0 Å². The van der Waals surface area contributed by atoms with Crippen LogP contribution in [-0.2, 0) is 0 Å². The van der Waals surface area contributed by atoms with E-state index in [1.54, 1.807) is 11.8 Å². The van der Waals surface area contributed by atoms with Crippen LogP contribution in [0.15, 0.2) is 20.3 Å². The van der Waals surface area contributed by atoms with Crippen molar-refractivity contribution in [2.45, 2.75) is 13.3 Å². The number of nitrogens with zero attached hydrogens (tertiary/aromatic N) is 1. The Hall–Kier alpha value is -0.810. The Kier molecular flexibility index (Phi) is 3.89. The molecule has 1 aliphatic rings. The fourth-order valence-electron chi connectivity index (χ4n) is 1.72. The van der Waals surface area contributed by atoms with Gasteiger partial charge in [0.15, 0.2) is 0 Å². The summed E-state index contributed by atoms with van der Waals surface area (Å²) in [4.78, 5) is 18.9. The van der Waals surface area contributed by atoms with Gasteiger partial charge in [0, 0.05) is 22.7 Å². The van der Waals surface area contributed by atoms with Crippen molar-refractivity contribution in [3.63, 3.8) is 0 Å². The van der Waals surface area contributed by atoms with Crippen LogP contribution in [0.25, 0.3) is 12.3 Å². The molecule has 0 saturated heterocycles. The molecule has 5 heteroatoms. The Bertz CT molecular complexity index is 633. The third-order valence-electron chi connectivity index (χ3n) is 2.70. The van der Waals surface area contributed by atoms with Gasteiger partial charge in [0.2, 0.25) is 0 Å². The van der Waals surface area contributed by atoms with E-state index >= 15 is 0 Å². The van der Waals surface area contributed by atoms with Crippen molar-refractivity contribution in [3.05, 3.63) is 31.5 Å². The van der Waals surface area contributed by atoms with Gasteiger partial charge in [-0.05, 0) is 34.7 Å². The van der Waals surface area contributed by atoms with Crippen molar-refractivity contribution in [1.29, 1.82) is 0 Å². The quantitative estimate of drug-likeness (QED) is 0.788. The second-order valence-corrected chi connectivity index (χ2v) is 5.64. The monoisotopic (exact) mass is 312 g/mol. The van der Waals surface area contributed by atoms with Gasteiger partial charge in [-0.3, -0.25) is 9.79 Å². The molecular weight excluding hydrogens is 300 g/mol. The summed E-state index contributed by atoms with van der Waals surface area (Å²) >= 11 is 4.91. The molecule has 17 heavy (non-hydrogen) atoms. The summed E-state index contributed by atoms with van der Waals surface area (Å²) < 4.78 is 0.537. The zero-order valence-corrected chi connectivity index (χ0v) is 12.1. The van der Waals surface area contributed by atoms with Crippen molar-refractivity contribution in [3.8, 4) is 0 Å². The molecule has 90 valence electrons. The number of aliphatic imine (C=N–C) groups is 1. The summed E-state index contributed by atoms with van der Waals surface area (Å²) in [5.41, 5.74) is -0.101. The van der Waals surface area contributed by atoms with Crippen LogP contribution in [0.3, 0.4) is 0 Å². The fraction of sp³-hybridized carbons (Fsp3) is 0.333. The Morgan fingerprint density at radius 3 is 3.06 bits per heavy atom. The van der Waals surface area contributed by atoms with E-state index in [1.807, 2.05) is 18.5 Å². The second-order valence-electron chi connectivity index (χ2n) is 3.96. The third-order valence-corrected chi connectivity index (χ3v) is 4.21. The van der Waals surface area contributed by atoms with Crippen molar-refractivity contribution in [2.75, 3.05) is 6.26 Å². The van der Waals surface area contributed by atoms with Crippen molar-refractivity contribution >= 4 is 45.0 Å². The Balaban J connectivity index is 2.69. The molecule has 0 amide bonds. The van der Waals surface area contributed by atoms with E-state index in [9.17, 15) is 4.79 Å². The maximum absolute atomic E-state index is 11.5. The van der Waals surface area contributed by atoms with Crippen LogP contribution in [-0.4, -0.2) is 16.3 Å². The van der Waals surface area contributed by atoms with E-state index in [2.05, 4.69) is 38.9 Å². The summed E-state index contributed by atoms with van der Waals surface area (Å²) in [5.74, 6) is 0.390. The summed E-state index contributed by atoms with van der Waals surface area (Å²) in [5, 5.41) is 2.91. The number of fused-ring (bicyclic) bond motifs is 1. The molecule has 1 aromatic rings. The van der Waals surface area contributed by atoms with Crippen LogP contribution in [0.4, 0.5) is 0 Å². The largest absolute Gasteiger partial charge is 0.321 e. The number of thioether (sulfide) groups is 1. The highest BCUT2D eigenvalue weighted by molar-refractivity contribution is 9.10. The normalized spacial score (nSPS) is 23.2. The number of rotatable bonds is 0. The predicted octanol–water partition coefficient (Wildman–Crippen LogP) is 1.46. The van der Waals surface area contributed by atoms with Crippen LogP contribution in [0, 0.1) is 5.92 Å². The van der Waals surface area contributed by atoms with Crippen molar-refractivity contribution in [2.24, 2.45) is 10.9 Å². The molecule has 1 aliphatic heterocycles. The SMILES string of the molecule is CSC1=N/C=c2/cc(Br)c(=O)[nH]/c2=C\CC1C. The van der Waals surface area contributed by atoms with Gasteiger partial charge < -0.3 is 4.98 Å². The molecule has 1 atom stereocenters. The molecule has 0 bridgehead atoms. The molecule has 0 aliphatic carbocycles. The first kappa shape index (κ1) is 12.6. The molecule has 0 radical (unpaired) electrons. The molecule has 0 saturated carbocycles. The predicted molar refractivity (Wildman–Crippen MR) is 77.7 cm³/mol. The van der Waals surface area contributed by atoms with E-state index in [1.165, 1.54) is 0 Å². The lowest BCUT2D eigenvalue weighted by Crippen LogP contribution is -2.35. The Morgan fingerprint density at radius 1 is 1.59 bits per heavy atom. The highest BCUT2D eigenvalue weighted by atomic mass is 79.9. The number of halogens is 1. The van der Waals surface area contributed by atoms with Crippen LogP contribution in [0.2, 0.25) is 0 Å². The summed E-state index contributed by atoms with van der Waals surface area (Å²) in [6.07, 6.45) is 6.80. The number of hydrogen-bond acceptors (Lipinski definition) is 3. The minimum Gasteiger partial charge on any atom is -0.321 e. The molecule has 3 nitrogen and oxygen atoms in total. The zero-order valence-electron chi connectivity index (χ0n) is 9.66. The van der Waals surface area contributed by atoms with Crippen LogP contribution < -0.4 is 16.1 Å². The smallest absolute Gasteiger partial charge is 0.262 e. The lowest BCUT2D eigenvalue weighted by atomic mass is 10.1. The zero-order chi connectivity index (χ0) is 12.4. The molecule has 1 N–H and O–H groups in total. The first-order valence-electron chi connectivity index (χ1n) is 5.32. The van der Waals surface area contributed by atoms with Gasteiger partial charge in [0.1, 0.15) is 0 Å². The minimum atomic E-state index is -0.101.